The van der Waals surface area contributed by atoms with Crippen LogP contribution in [0.4, 0.5) is 0 Å². The van der Waals surface area contributed by atoms with Crippen molar-refractivity contribution in [1.82, 2.24) is 0 Å². The number of amides is 1. The van der Waals surface area contributed by atoms with E-state index < -0.39 is 0 Å². The smallest absolute Gasteiger partial charge is 0.222 e. The van der Waals surface area contributed by atoms with Gasteiger partial charge in [-0.15, -0.1) is 0 Å². The van der Waals surface area contributed by atoms with E-state index in [9.17, 15) is 4.79 Å². The van der Waals surface area contributed by atoms with Crippen LogP contribution in [0.3, 0.4) is 0 Å². The molecule has 1 saturated carbocycles. The minimum atomic E-state index is -0.236. The highest BCUT2D eigenvalue weighted by Gasteiger charge is 2.33. The van der Waals surface area contributed by atoms with E-state index in [0.29, 0.717) is 12.5 Å². The number of hydrogen-bond acceptors (Lipinski definition) is 2. The van der Waals surface area contributed by atoms with Crippen molar-refractivity contribution in [2.24, 2.45) is 23.3 Å². The summed E-state index contributed by atoms with van der Waals surface area (Å²) in [6.45, 7) is 0.417. The number of rotatable bonds is 3. The normalized spacial score (nSPS) is 21.4. The van der Waals surface area contributed by atoms with Crippen LogP contribution in [-0.2, 0) is 4.79 Å². The molecule has 4 N–H and O–H groups in total. The van der Waals surface area contributed by atoms with Gasteiger partial charge in [0.1, 0.15) is 0 Å². The van der Waals surface area contributed by atoms with Gasteiger partial charge in [-0.3, -0.25) is 4.79 Å². The summed E-state index contributed by atoms with van der Waals surface area (Å²) in [7, 11) is 0. The molecule has 0 aromatic carbocycles. The Morgan fingerprint density at radius 3 is 2.33 bits per heavy atom. The van der Waals surface area contributed by atoms with E-state index in [1.165, 1.54) is 0 Å². The van der Waals surface area contributed by atoms with Crippen molar-refractivity contribution in [3.63, 3.8) is 0 Å². The lowest BCUT2D eigenvalue weighted by Crippen LogP contribution is -2.31. The average Bonchev–Trinajstić information content (AvgIpc) is 2.50. The number of carbonyl (C=O) groups excluding carboxylic acids is 1. The third-order valence-electron chi connectivity index (χ3n) is 1.81. The first-order valence-corrected chi connectivity index (χ1v) is 3.25. The second-order valence-corrected chi connectivity index (χ2v) is 2.58. The molecule has 52 valence electrons. The zero-order valence-corrected chi connectivity index (χ0v) is 5.34. The Morgan fingerprint density at radius 1 is 1.67 bits per heavy atom. The molecule has 0 aromatic rings. The van der Waals surface area contributed by atoms with Crippen molar-refractivity contribution in [1.29, 1.82) is 0 Å². The van der Waals surface area contributed by atoms with Crippen LogP contribution in [0, 0.1) is 11.8 Å². The van der Waals surface area contributed by atoms with Gasteiger partial charge in [0.05, 0.1) is 5.92 Å². The monoisotopic (exact) mass is 128 g/mol. The van der Waals surface area contributed by atoms with E-state index in [4.69, 9.17) is 11.5 Å². The van der Waals surface area contributed by atoms with Crippen LogP contribution in [0.25, 0.3) is 0 Å². The molecule has 9 heavy (non-hydrogen) atoms. The zero-order chi connectivity index (χ0) is 6.85. The average molecular weight is 128 g/mol. The molecular formula is C6H12N2O. The summed E-state index contributed by atoms with van der Waals surface area (Å²) < 4.78 is 0. The van der Waals surface area contributed by atoms with Gasteiger partial charge in [-0.25, -0.2) is 0 Å². The molecule has 0 saturated heterocycles. The first kappa shape index (κ1) is 6.55. The maximum absolute atomic E-state index is 10.6. The highest BCUT2D eigenvalue weighted by Crippen LogP contribution is 2.35. The van der Waals surface area contributed by atoms with Crippen LogP contribution in [0.1, 0.15) is 12.8 Å². The first-order valence-electron chi connectivity index (χ1n) is 3.25. The standard InChI is InChI=1S/C6H12N2O/c7-3-5(6(8)9)4-1-2-4/h4-5H,1-3,7H2,(H2,8,9). The van der Waals surface area contributed by atoms with Crippen molar-refractivity contribution in [3.8, 4) is 0 Å². The topological polar surface area (TPSA) is 69.1 Å². The minimum absolute atomic E-state index is 0.0509. The molecule has 1 aliphatic rings. The Bertz CT molecular complexity index is 120. The predicted octanol–water partition coefficient (Wildman–Crippen LogP) is -0.543. The highest BCUT2D eigenvalue weighted by molar-refractivity contribution is 5.77. The van der Waals surface area contributed by atoms with Gasteiger partial charge in [-0.05, 0) is 18.8 Å². The zero-order valence-electron chi connectivity index (χ0n) is 5.34. The largest absolute Gasteiger partial charge is 0.369 e. The van der Waals surface area contributed by atoms with E-state index in [2.05, 4.69) is 0 Å². The summed E-state index contributed by atoms with van der Waals surface area (Å²) in [5.74, 6) is 0.220. The fourth-order valence-electron chi connectivity index (χ4n) is 1.04. The van der Waals surface area contributed by atoms with E-state index in [1.807, 2.05) is 0 Å². The summed E-state index contributed by atoms with van der Waals surface area (Å²) in [6, 6.07) is 0. The fraction of sp³-hybridized carbons (Fsp3) is 0.833. The Kier molecular flexibility index (Phi) is 1.71. The van der Waals surface area contributed by atoms with Crippen LogP contribution >= 0.6 is 0 Å². The van der Waals surface area contributed by atoms with E-state index in [1.54, 1.807) is 0 Å². The first-order chi connectivity index (χ1) is 4.25. The van der Waals surface area contributed by atoms with Crippen molar-refractivity contribution in [2.75, 3.05) is 6.54 Å². The summed E-state index contributed by atoms with van der Waals surface area (Å²) >= 11 is 0. The predicted molar refractivity (Wildman–Crippen MR) is 34.5 cm³/mol. The molecule has 1 aliphatic carbocycles. The summed E-state index contributed by atoms with van der Waals surface area (Å²) in [4.78, 5) is 10.6. The van der Waals surface area contributed by atoms with Crippen LogP contribution < -0.4 is 11.5 Å². The second kappa shape index (κ2) is 2.35. The van der Waals surface area contributed by atoms with Gasteiger partial charge in [0, 0.05) is 6.54 Å². The minimum Gasteiger partial charge on any atom is -0.369 e. The molecule has 1 atom stereocenters. The van der Waals surface area contributed by atoms with Gasteiger partial charge < -0.3 is 11.5 Å². The van der Waals surface area contributed by atoms with Crippen molar-refractivity contribution < 1.29 is 4.79 Å². The molecular weight excluding hydrogens is 116 g/mol. The van der Waals surface area contributed by atoms with Gasteiger partial charge in [0.25, 0.3) is 0 Å². The van der Waals surface area contributed by atoms with Gasteiger partial charge in [0.15, 0.2) is 0 Å². The fourth-order valence-corrected chi connectivity index (χ4v) is 1.04. The number of carbonyl (C=O) groups is 1. The van der Waals surface area contributed by atoms with E-state index >= 15 is 0 Å². The molecule has 1 fully saturated rings. The SMILES string of the molecule is NCC(C(N)=O)C1CC1. The molecule has 0 radical (unpaired) electrons. The van der Waals surface area contributed by atoms with Crippen LogP contribution in [-0.4, -0.2) is 12.5 Å². The Hall–Kier alpha value is -0.570. The molecule has 1 rings (SSSR count). The summed E-state index contributed by atoms with van der Waals surface area (Å²) in [5, 5.41) is 0. The lowest BCUT2D eigenvalue weighted by molar-refractivity contribution is -0.122. The van der Waals surface area contributed by atoms with Gasteiger partial charge in [-0.2, -0.15) is 0 Å². The lowest BCUT2D eigenvalue weighted by atomic mass is 10.0. The molecule has 0 spiro atoms. The van der Waals surface area contributed by atoms with Gasteiger partial charge in [-0.1, -0.05) is 0 Å². The third-order valence-corrected chi connectivity index (χ3v) is 1.81. The highest BCUT2D eigenvalue weighted by atomic mass is 16.1. The molecule has 0 aliphatic heterocycles. The Balaban J connectivity index is 2.37. The Morgan fingerprint density at radius 2 is 2.22 bits per heavy atom. The number of nitrogens with two attached hydrogens (primary N) is 2. The molecule has 3 heteroatoms. The molecule has 1 unspecified atom stereocenters. The van der Waals surface area contributed by atoms with Crippen LogP contribution in [0.15, 0.2) is 0 Å². The van der Waals surface area contributed by atoms with E-state index in [0.717, 1.165) is 12.8 Å². The quantitative estimate of drug-likeness (QED) is 0.535. The molecule has 0 heterocycles. The van der Waals surface area contributed by atoms with Gasteiger partial charge >= 0.3 is 0 Å². The lowest BCUT2D eigenvalue weighted by Gasteiger charge is -2.06. The summed E-state index contributed by atoms with van der Waals surface area (Å²) in [6.07, 6.45) is 2.26. The maximum Gasteiger partial charge on any atom is 0.222 e. The van der Waals surface area contributed by atoms with Crippen molar-refractivity contribution in [3.05, 3.63) is 0 Å². The maximum atomic E-state index is 10.6. The number of hydrogen-bond donors (Lipinski definition) is 2. The van der Waals surface area contributed by atoms with E-state index in [-0.39, 0.29) is 11.8 Å². The van der Waals surface area contributed by atoms with Crippen LogP contribution in [0.5, 0.6) is 0 Å². The molecule has 0 aromatic heterocycles. The molecule has 3 nitrogen and oxygen atoms in total. The molecule has 0 bridgehead atoms. The van der Waals surface area contributed by atoms with Crippen LogP contribution in [0.2, 0.25) is 0 Å². The van der Waals surface area contributed by atoms with Crippen molar-refractivity contribution >= 4 is 5.91 Å². The molecule has 1 amide bonds. The second-order valence-electron chi connectivity index (χ2n) is 2.58. The van der Waals surface area contributed by atoms with Crippen molar-refractivity contribution in [2.45, 2.75) is 12.8 Å². The summed E-state index contributed by atoms with van der Waals surface area (Å²) in [5.41, 5.74) is 10.4. The third kappa shape index (κ3) is 1.42. The van der Waals surface area contributed by atoms with Gasteiger partial charge in [0.2, 0.25) is 5.91 Å². The number of primary amides is 1. The Labute approximate surface area is 54.4 Å².